The molecule has 92 valence electrons. The van der Waals surface area contributed by atoms with E-state index in [-0.39, 0.29) is 11.9 Å². The van der Waals surface area contributed by atoms with Gasteiger partial charge in [-0.05, 0) is 32.6 Å². The zero-order valence-corrected chi connectivity index (χ0v) is 10.7. The van der Waals surface area contributed by atoms with Gasteiger partial charge in [-0.15, -0.1) is 0 Å². The highest BCUT2D eigenvalue weighted by Crippen LogP contribution is 2.29. The van der Waals surface area contributed by atoms with Crippen molar-refractivity contribution < 1.29 is 9.53 Å². The van der Waals surface area contributed by atoms with E-state index >= 15 is 0 Å². The fourth-order valence-corrected chi connectivity index (χ4v) is 2.49. The second kappa shape index (κ2) is 5.50. The summed E-state index contributed by atoms with van der Waals surface area (Å²) in [6.45, 7) is 1.49. The molecule has 0 unspecified atom stereocenters. The van der Waals surface area contributed by atoms with Gasteiger partial charge in [0.2, 0.25) is 0 Å². The van der Waals surface area contributed by atoms with Crippen LogP contribution in [0.15, 0.2) is 12.4 Å². The Balaban J connectivity index is 2.19. The molecule has 0 aromatic carbocycles. The highest BCUT2D eigenvalue weighted by atomic mass is 35.5. The van der Waals surface area contributed by atoms with Gasteiger partial charge < -0.3 is 4.74 Å². The molecule has 1 aromatic rings. The van der Waals surface area contributed by atoms with Gasteiger partial charge in [0.25, 0.3) is 0 Å². The molecule has 4 heteroatoms. The maximum absolute atomic E-state index is 11.5. The largest absolute Gasteiger partial charge is 0.488 e. The highest BCUT2D eigenvalue weighted by Gasteiger charge is 2.19. The molecule has 1 aromatic heterocycles. The third-order valence-corrected chi connectivity index (χ3v) is 3.35. The molecule has 0 spiro atoms. The summed E-state index contributed by atoms with van der Waals surface area (Å²) in [5.41, 5.74) is 0.451. The van der Waals surface area contributed by atoms with E-state index < -0.39 is 0 Å². The first-order chi connectivity index (χ1) is 8.18. The molecular weight excluding hydrogens is 238 g/mol. The van der Waals surface area contributed by atoms with E-state index in [9.17, 15) is 4.79 Å². The van der Waals surface area contributed by atoms with Crippen LogP contribution in [-0.4, -0.2) is 16.9 Å². The van der Waals surface area contributed by atoms with Crippen molar-refractivity contribution in [2.45, 2.75) is 45.1 Å². The van der Waals surface area contributed by atoms with Crippen LogP contribution in [-0.2, 0) is 0 Å². The van der Waals surface area contributed by atoms with Gasteiger partial charge in [0.1, 0.15) is 5.75 Å². The van der Waals surface area contributed by atoms with Gasteiger partial charge >= 0.3 is 0 Å². The molecule has 0 N–H and O–H groups in total. The predicted octanol–water partition coefficient (Wildman–Crippen LogP) is 3.65. The Morgan fingerprint density at radius 3 is 2.71 bits per heavy atom. The third kappa shape index (κ3) is 2.97. The molecule has 1 aliphatic rings. The number of carbonyl (C=O) groups excluding carboxylic acids is 1. The summed E-state index contributed by atoms with van der Waals surface area (Å²) in [5.74, 6) is 0.445. The van der Waals surface area contributed by atoms with Crippen molar-refractivity contribution in [2.75, 3.05) is 0 Å². The summed E-state index contributed by atoms with van der Waals surface area (Å²) in [5, 5.41) is 0.366. The minimum Gasteiger partial charge on any atom is -0.488 e. The number of ketones is 1. The van der Waals surface area contributed by atoms with Crippen molar-refractivity contribution in [2.24, 2.45) is 0 Å². The van der Waals surface area contributed by atoms with Crippen LogP contribution in [0.5, 0.6) is 5.75 Å². The fourth-order valence-electron chi connectivity index (χ4n) is 2.21. The topological polar surface area (TPSA) is 39.2 Å². The first kappa shape index (κ1) is 12.4. The van der Waals surface area contributed by atoms with Crippen LogP contribution in [0.1, 0.15) is 49.4 Å². The minimum atomic E-state index is -0.0804. The highest BCUT2D eigenvalue weighted by molar-refractivity contribution is 6.34. The van der Waals surface area contributed by atoms with Gasteiger partial charge in [0.05, 0.1) is 22.9 Å². The van der Waals surface area contributed by atoms with Crippen LogP contribution in [0.3, 0.4) is 0 Å². The Morgan fingerprint density at radius 2 is 2.06 bits per heavy atom. The molecule has 0 aliphatic heterocycles. The maximum atomic E-state index is 11.5. The lowest BCUT2D eigenvalue weighted by atomic mass is 9.98. The third-order valence-electron chi connectivity index (χ3n) is 3.06. The number of hydrogen-bond donors (Lipinski definition) is 0. The molecule has 17 heavy (non-hydrogen) atoms. The lowest BCUT2D eigenvalue weighted by Gasteiger charge is -2.23. The fraction of sp³-hybridized carbons (Fsp3) is 0.538. The zero-order valence-electron chi connectivity index (χ0n) is 9.91. The average molecular weight is 254 g/mol. The second-order valence-corrected chi connectivity index (χ2v) is 4.84. The molecule has 1 aliphatic carbocycles. The molecule has 2 rings (SSSR count). The van der Waals surface area contributed by atoms with Crippen LogP contribution in [0.25, 0.3) is 0 Å². The van der Waals surface area contributed by atoms with E-state index in [1.54, 1.807) is 6.20 Å². The Kier molecular flexibility index (Phi) is 4.00. The van der Waals surface area contributed by atoms with E-state index in [1.165, 1.54) is 32.4 Å². The Hall–Kier alpha value is -1.09. The molecule has 1 fully saturated rings. The van der Waals surface area contributed by atoms with E-state index in [0.717, 1.165) is 12.8 Å². The summed E-state index contributed by atoms with van der Waals surface area (Å²) in [4.78, 5) is 15.5. The molecule has 0 radical (unpaired) electrons. The van der Waals surface area contributed by atoms with Crippen molar-refractivity contribution in [1.82, 2.24) is 4.98 Å². The quantitative estimate of drug-likeness (QED) is 0.772. The number of halogens is 1. The van der Waals surface area contributed by atoms with Gasteiger partial charge in [-0.25, -0.2) is 0 Å². The van der Waals surface area contributed by atoms with Crippen molar-refractivity contribution >= 4 is 17.4 Å². The SMILES string of the molecule is CC(=O)c1c(Cl)cncc1OC1CCCCC1. The monoisotopic (exact) mass is 253 g/mol. The summed E-state index contributed by atoms with van der Waals surface area (Å²) in [6.07, 6.45) is 8.99. The van der Waals surface area contributed by atoms with Crippen LogP contribution in [0.2, 0.25) is 5.02 Å². The van der Waals surface area contributed by atoms with Crippen molar-refractivity contribution in [1.29, 1.82) is 0 Å². The Labute approximate surface area is 106 Å². The number of aromatic nitrogens is 1. The van der Waals surface area contributed by atoms with E-state index in [4.69, 9.17) is 16.3 Å². The molecule has 0 atom stereocenters. The zero-order chi connectivity index (χ0) is 12.3. The van der Waals surface area contributed by atoms with E-state index in [0.29, 0.717) is 16.3 Å². The molecule has 1 heterocycles. The summed E-state index contributed by atoms with van der Waals surface area (Å²) < 4.78 is 5.86. The van der Waals surface area contributed by atoms with Crippen LogP contribution >= 0.6 is 11.6 Å². The number of carbonyl (C=O) groups is 1. The normalized spacial score (nSPS) is 16.8. The maximum Gasteiger partial charge on any atom is 0.165 e. The molecule has 1 saturated carbocycles. The van der Waals surface area contributed by atoms with Crippen LogP contribution in [0.4, 0.5) is 0 Å². The number of pyridine rings is 1. The molecule has 0 bridgehead atoms. The Bertz CT molecular complexity index is 414. The van der Waals surface area contributed by atoms with Crippen molar-refractivity contribution in [3.63, 3.8) is 0 Å². The number of ether oxygens (including phenoxy) is 1. The van der Waals surface area contributed by atoms with Crippen molar-refractivity contribution in [3.8, 4) is 5.75 Å². The smallest absolute Gasteiger partial charge is 0.165 e. The summed E-state index contributed by atoms with van der Waals surface area (Å²) in [6, 6.07) is 0. The van der Waals surface area contributed by atoms with Gasteiger partial charge in [-0.2, -0.15) is 0 Å². The first-order valence-corrected chi connectivity index (χ1v) is 6.37. The molecule has 3 nitrogen and oxygen atoms in total. The lowest BCUT2D eigenvalue weighted by Crippen LogP contribution is -2.20. The average Bonchev–Trinajstić information content (AvgIpc) is 2.30. The molecule has 0 amide bonds. The van der Waals surface area contributed by atoms with E-state index in [2.05, 4.69) is 4.98 Å². The van der Waals surface area contributed by atoms with Gasteiger partial charge in [-0.3, -0.25) is 9.78 Å². The number of Topliss-reactive ketones (excluding diaryl/α,β-unsaturated/α-hetero) is 1. The molecule has 0 saturated heterocycles. The van der Waals surface area contributed by atoms with E-state index in [1.807, 2.05) is 0 Å². The van der Waals surface area contributed by atoms with Crippen molar-refractivity contribution in [3.05, 3.63) is 23.0 Å². The van der Waals surface area contributed by atoms with Gasteiger partial charge in [0.15, 0.2) is 5.78 Å². The van der Waals surface area contributed by atoms with Gasteiger partial charge in [-0.1, -0.05) is 18.0 Å². The predicted molar refractivity (Wildman–Crippen MR) is 66.8 cm³/mol. The number of nitrogens with zero attached hydrogens (tertiary/aromatic N) is 1. The lowest BCUT2D eigenvalue weighted by molar-refractivity contribution is 0.100. The summed E-state index contributed by atoms with van der Waals surface area (Å²) >= 11 is 5.98. The standard InChI is InChI=1S/C13H16ClNO2/c1-9(16)13-11(14)7-15-8-12(13)17-10-5-3-2-4-6-10/h7-8,10H,2-6H2,1H3. The Morgan fingerprint density at radius 1 is 1.35 bits per heavy atom. The van der Waals surface area contributed by atoms with Crippen LogP contribution < -0.4 is 4.74 Å². The second-order valence-electron chi connectivity index (χ2n) is 4.43. The summed E-state index contributed by atoms with van der Waals surface area (Å²) in [7, 11) is 0. The number of hydrogen-bond acceptors (Lipinski definition) is 3. The van der Waals surface area contributed by atoms with Gasteiger partial charge in [0, 0.05) is 6.20 Å². The molecular formula is C13H16ClNO2. The minimum absolute atomic E-state index is 0.0804. The number of rotatable bonds is 3. The van der Waals surface area contributed by atoms with Crippen LogP contribution in [0, 0.1) is 0 Å². The first-order valence-electron chi connectivity index (χ1n) is 5.99.